The highest BCUT2D eigenvalue weighted by molar-refractivity contribution is 6.30. The summed E-state index contributed by atoms with van der Waals surface area (Å²) in [6.07, 6.45) is 0.778. The first-order valence-corrected chi connectivity index (χ1v) is 11.5. The van der Waals surface area contributed by atoms with Crippen molar-refractivity contribution in [3.63, 3.8) is 0 Å². The van der Waals surface area contributed by atoms with E-state index >= 15 is 0 Å². The third-order valence-corrected chi connectivity index (χ3v) is 5.98. The number of amides is 1. The van der Waals surface area contributed by atoms with E-state index in [0.717, 1.165) is 12.0 Å². The Balaban J connectivity index is 1.83. The Morgan fingerprint density at radius 2 is 1.67 bits per heavy atom. The van der Waals surface area contributed by atoms with Gasteiger partial charge in [0.2, 0.25) is 0 Å². The molecule has 1 heterocycles. The van der Waals surface area contributed by atoms with Crippen LogP contribution in [0.5, 0.6) is 0 Å². The van der Waals surface area contributed by atoms with Crippen LogP contribution in [0.2, 0.25) is 5.02 Å². The monoisotopic (exact) mass is 459 g/mol. The average Bonchev–Trinajstić information content (AvgIpc) is 2.84. The van der Waals surface area contributed by atoms with E-state index in [1.54, 1.807) is 39.8 Å². The lowest BCUT2D eigenvalue weighted by atomic mass is 10.1. The van der Waals surface area contributed by atoms with Gasteiger partial charge in [-0.15, -0.1) is 0 Å². The van der Waals surface area contributed by atoms with Gasteiger partial charge in [-0.05, 0) is 55.3 Å². The maximum Gasteiger partial charge on any atom is 0.261 e. The number of nitrogens with zero attached hydrogens (tertiary/aromatic N) is 3. The first-order chi connectivity index (χ1) is 16.0. The van der Waals surface area contributed by atoms with Crippen LogP contribution in [0.4, 0.5) is 0 Å². The van der Waals surface area contributed by atoms with E-state index in [-0.39, 0.29) is 11.5 Å². The highest BCUT2D eigenvalue weighted by Gasteiger charge is 2.26. The van der Waals surface area contributed by atoms with Crippen LogP contribution >= 0.6 is 11.6 Å². The van der Waals surface area contributed by atoms with Crippen molar-refractivity contribution >= 4 is 28.4 Å². The van der Waals surface area contributed by atoms with E-state index in [4.69, 9.17) is 16.6 Å². The van der Waals surface area contributed by atoms with Crippen LogP contribution in [0.1, 0.15) is 48.1 Å². The molecule has 0 aliphatic rings. The Morgan fingerprint density at radius 3 is 2.36 bits per heavy atom. The van der Waals surface area contributed by atoms with E-state index in [1.807, 2.05) is 62.4 Å². The fraction of sp³-hybridized carbons (Fsp3) is 0.222. The fourth-order valence-electron chi connectivity index (χ4n) is 4.03. The van der Waals surface area contributed by atoms with Crippen LogP contribution in [0.3, 0.4) is 0 Å². The van der Waals surface area contributed by atoms with Crippen LogP contribution < -0.4 is 5.56 Å². The molecule has 0 saturated heterocycles. The number of benzene rings is 3. The van der Waals surface area contributed by atoms with Crippen LogP contribution in [0, 0.1) is 0 Å². The second kappa shape index (κ2) is 10.0. The van der Waals surface area contributed by atoms with Crippen molar-refractivity contribution in [2.75, 3.05) is 6.54 Å². The van der Waals surface area contributed by atoms with Gasteiger partial charge in [0.05, 0.1) is 23.5 Å². The highest BCUT2D eigenvalue weighted by atomic mass is 35.5. The van der Waals surface area contributed by atoms with Crippen molar-refractivity contribution < 1.29 is 4.79 Å². The van der Waals surface area contributed by atoms with Gasteiger partial charge in [0.1, 0.15) is 5.82 Å². The molecule has 6 heteroatoms. The van der Waals surface area contributed by atoms with Gasteiger partial charge < -0.3 is 4.90 Å². The van der Waals surface area contributed by atoms with E-state index in [2.05, 4.69) is 0 Å². The molecule has 0 aliphatic heterocycles. The first-order valence-electron chi connectivity index (χ1n) is 11.1. The van der Waals surface area contributed by atoms with Crippen LogP contribution in [-0.2, 0) is 6.54 Å². The second-order valence-electron chi connectivity index (χ2n) is 8.05. The number of halogens is 1. The number of rotatable bonds is 7. The maximum absolute atomic E-state index is 13.5. The molecule has 1 aromatic heterocycles. The van der Waals surface area contributed by atoms with Crippen molar-refractivity contribution in [1.82, 2.24) is 14.5 Å². The average molecular weight is 460 g/mol. The van der Waals surface area contributed by atoms with Crippen LogP contribution in [0.15, 0.2) is 83.7 Å². The number of aromatic nitrogens is 2. The van der Waals surface area contributed by atoms with Gasteiger partial charge in [0, 0.05) is 17.1 Å². The lowest BCUT2D eigenvalue weighted by molar-refractivity contribution is 0.0679. The smallest absolute Gasteiger partial charge is 0.261 e. The Morgan fingerprint density at radius 1 is 1.00 bits per heavy atom. The van der Waals surface area contributed by atoms with Crippen molar-refractivity contribution in [2.45, 2.75) is 32.9 Å². The number of hydrogen-bond acceptors (Lipinski definition) is 3. The number of fused-ring (bicyclic) bond motifs is 1. The van der Waals surface area contributed by atoms with E-state index in [0.29, 0.717) is 40.4 Å². The maximum atomic E-state index is 13.5. The minimum atomic E-state index is -0.408. The number of para-hydroxylation sites is 1. The summed E-state index contributed by atoms with van der Waals surface area (Å²) in [4.78, 5) is 33.6. The zero-order chi connectivity index (χ0) is 23.4. The lowest BCUT2D eigenvalue weighted by Crippen LogP contribution is -2.38. The molecule has 5 nitrogen and oxygen atoms in total. The number of hydrogen-bond donors (Lipinski definition) is 0. The number of carbonyl (C=O) groups is 1. The summed E-state index contributed by atoms with van der Waals surface area (Å²) in [5.41, 5.74) is 2.07. The van der Waals surface area contributed by atoms with Crippen molar-refractivity contribution in [3.05, 3.63) is 111 Å². The molecule has 1 amide bonds. The van der Waals surface area contributed by atoms with Crippen molar-refractivity contribution in [2.24, 2.45) is 0 Å². The quantitative estimate of drug-likeness (QED) is 0.355. The van der Waals surface area contributed by atoms with E-state index in [1.165, 1.54) is 0 Å². The van der Waals surface area contributed by atoms with Gasteiger partial charge in [-0.2, -0.15) is 0 Å². The molecule has 0 fully saturated rings. The second-order valence-corrected chi connectivity index (χ2v) is 8.48. The van der Waals surface area contributed by atoms with Gasteiger partial charge >= 0.3 is 0 Å². The molecule has 0 spiro atoms. The Bertz CT molecular complexity index is 1320. The largest absolute Gasteiger partial charge is 0.329 e. The van der Waals surface area contributed by atoms with Gasteiger partial charge in [0.25, 0.3) is 11.5 Å². The summed E-state index contributed by atoms with van der Waals surface area (Å²) >= 11 is 6.01. The molecule has 1 unspecified atom stereocenters. The van der Waals surface area contributed by atoms with Gasteiger partial charge in [-0.3, -0.25) is 14.2 Å². The summed E-state index contributed by atoms with van der Waals surface area (Å²) in [5, 5.41) is 1.14. The molecule has 4 aromatic rings. The summed E-state index contributed by atoms with van der Waals surface area (Å²) in [6, 6.07) is 23.6. The van der Waals surface area contributed by atoms with Crippen molar-refractivity contribution in [3.8, 4) is 0 Å². The van der Waals surface area contributed by atoms with Crippen molar-refractivity contribution in [1.29, 1.82) is 0 Å². The molecular weight excluding hydrogens is 434 g/mol. The number of carbonyl (C=O) groups excluding carboxylic acids is 1. The Kier molecular flexibility index (Phi) is 6.90. The molecule has 168 valence electrons. The molecule has 33 heavy (non-hydrogen) atoms. The molecule has 0 bridgehead atoms. The molecule has 0 saturated carbocycles. The molecule has 0 aliphatic carbocycles. The fourth-order valence-corrected chi connectivity index (χ4v) is 4.16. The standard InChI is InChI=1S/C27H26ClN3O2/c1-3-17-30(26(32)21-13-15-22(28)16-14-21)19(2)25-29-24-12-8-7-11-23(24)27(33)31(25)18-20-9-5-4-6-10-20/h4-16,19H,3,17-18H2,1-2H3. The molecule has 3 aromatic carbocycles. The summed E-state index contributed by atoms with van der Waals surface area (Å²) in [6.45, 7) is 4.88. The van der Waals surface area contributed by atoms with Gasteiger partial charge in [-0.1, -0.05) is 61.0 Å². The van der Waals surface area contributed by atoms with E-state index in [9.17, 15) is 9.59 Å². The summed E-state index contributed by atoms with van der Waals surface area (Å²) < 4.78 is 1.69. The summed E-state index contributed by atoms with van der Waals surface area (Å²) in [5.74, 6) is 0.452. The third kappa shape index (κ3) is 4.83. The summed E-state index contributed by atoms with van der Waals surface area (Å²) in [7, 11) is 0. The molecule has 1 atom stereocenters. The minimum absolute atomic E-state index is 0.110. The molecule has 0 radical (unpaired) electrons. The Labute approximate surface area is 198 Å². The lowest BCUT2D eigenvalue weighted by Gasteiger charge is -2.30. The Hall–Kier alpha value is -3.44. The SMILES string of the molecule is CCCN(C(=O)c1ccc(Cl)cc1)C(C)c1nc2ccccc2c(=O)n1Cc1ccccc1. The zero-order valence-electron chi connectivity index (χ0n) is 18.7. The minimum Gasteiger partial charge on any atom is -0.329 e. The molecule has 4 rings (SSSR count). The van der Waals surface area contributed by atoms with Gasteiger partial charge in [0.15, 0.2) is 0 Å². The van der Waals surface area contributed by atoms with Crippen LogP contribution in [-0.4, -0.2) is 26.9 Å². The predicted octanol–water partition coefficient (Wildman–Crippen LogP) is 5.71. The van der Waals surface area contributed by atoms with E-state index < -0.39 is 6.04 Å². The topological polar surface area (TPSA) is 55.2 Å². The first kappa shape index (κ1) is 22.7. The zero-order valence-corrected chi connectivity index (χ0v) is 19.5. The highest BCUT2D eigenvalue weighted by Crippen LogP contribution is 2.24. The molecule has 0 N–H and O–H groups in total. The third-order valence-electron chi connectivity index (χ3n) is 5.73. The predicted molar refractivity (Wildman–Crippen MR) is 133 cm³/mol. The normalized spacial score (nSPS) is 12.0. The van der Waals surface area contributed by atoms with Crippen LogP contribution in [0.25, 0.3) is 10.9 Å². The van der Waals surface area contributed by atoms with Gasteiger partial charge in [-0.25, -0.2) is 4.98 Å². The molecular formula is C27H26ClN3O2.